The Balaban J connectivity index is 1.76. The number of carbonyl (C=O) groups excluding carboxylic acids is 2. The van der Waals surface area contributed by atoms with Crippen molar-refractivity contribution in [2.24, 2.45) is 5.92 Å². The van der Waals surface area contributed by atoms with Crippen LogP contribution in [0.3, 0.4) is 0 Å². The molecule has 1 N–H and O–H groups in total. The van der Waals surface area contributed by atoms with Crippen LogP contribution in [0.5, 0.6) is 5.75 Å². The Morgan fingerprint density at radius 3 is 2.52 bits per heavy atom. The van der Waals surface area contributed by atoms with E-state index in [1.165, 1.54) is 26.4 Å². The molecular weight excluding hydrogens is 294 g/mol. The minimum Gasteiger partial charge on any atom is -0.484 e. The third-order valence-electron chi connectivity index (χ3n) is 4.33. The van der Waals surface area contributed by atoms with E-state index < -0.39 is 0 Å². The Morgan fingerprint density at radius 2 is 1.87 bits per heavy atom. The van der Waals surface area contributed by atoms with Crippen molar-refractivity contribution in [3.63, 3.8) is 0 Å². The van der Waals surface area contributed by atoms with Crippen LogP contribution in [0.15, 0.2) is 24.3 Å². The molecule has 0 spiro atoms. The molecule has 1 aliphatic rings. The van der Waals surface area contributed by atoms with Gasteiger partial charge in [0.25, 0.3) is 5.91 Å². The molecule has 0 bridgehead atoms. The molecule has 0 aliphatic heterocycles. The van der Waals surface area contributed by atoms with Gasteiger partial charge in [-0.05, 0) is 36.5 Å². The lowest BCUT2D eigenvalue weighted by Crippen LogP contribution is -2.43. The van der Waals surface area contributed by atoms with E-state index in [1.807, 2.05) is 0 Å². The molecule has 23 heavy (non-hydrogen) atoms. The van der Waals surface area contributed by atoms with Gasteiger partial charge in [0.05, 0.1) is 13.5 Å². The standard InChI is InChI=1S/C18H25NO4/c1-13-5-3-4-6-16(13)19-17(20)12-23-15-9-7-14(8-10-15)11-18(21)22-2/h7-10,13,16H,3-6,11-12H2,1-2H3,(H,19,20)/t13-,16+/m0/s1. The number of hydrogen-bond donors (Lipinski definition) is 1. The van der Waals surface area contributed by atoms with E-state index in [9.17, 15) is 9.59 Å². The number of benzene rings is 1. The minimum atomic E-state index is -0.278. The first-order chi connectivity index (χ1) is 11.1. The van der Waals surface area contributed by atoms with E-state index in [1.54, 1.807) is 24.3 Å². The summed E-state index contributed by atoms with van der Waals surface area (Å²) >= 11 is 0. The Labute approximate surface area is 137 Å². The van der Waals surface area contributed by atoms with Crippen molar-refractivity contribution in [3.05, 3.63) is 29.8 Å². The van der Waals surface area contributed by atoms with Crippen molar-refractivity contribution in [2.75, 3.05) is 13.7 Å². The van der Waals surface area contributed by atoms with Crippen LogP contribution in [-0.4, -0.2) is 31.6 Å². The lowest BCUT2D eigenvalue weighted by molar-refractivity contribution is -0.139. The van der Waals surface area contributed by atoms with E-state index in [0.29, 0.717) is 11.7 Å². The largest absolute Gasteiger partial charge is 0.484 e. The molecule has 1 saturated carbocycles. The molecular formula is C18H25NO4. The number of carbonyl (C=O) groups is 2. The monoisotopic (exact) mass is 319 g/mol. The second kappa shape index (κ2) is 8.56. The Bertz CT molecular complexity index is 526. The van der Waals surface area contributed by atoms with Gasteiger partial charge in [-0.15, -0.1) is 0 Å². The van der Waals surface area contributed by atoms with Gasteiger partial charge in [-0.3, -0.25) is 9.59 Å². The fraction of sp³-hybridized carbons (Fsp3) is 0.556. The third-order valence-corrected chi connectivity index (χ3v) is 4.33. The van der Waals surface area contributed by atoms with Crippen LogP contribution in [0, 0.1) is 5.92 Å². The van der Waals surface area contributed by atoms with Gasteiger partial charge < -0.3 is 14.8 Å². The topological polar surface area (TPSA) is 64.6 Å². The van der Waals surface area contributed by atoms with Gasteiger partial charge in [0.1, 0.15) is 5.75 Å². The second-order valence-electron chi connectivity index (χ2n) is 6.12. The summed E-state index contributed by atoms with van der Waals surface area (Å²) in [7, 11) is 1.37. The average molecular weight is 319 g/mol. The molecule has 1 aliphatic carbocycles. The van der Waals surface area contributed by atoms with Gasteiger partial charge in [0.2, 0.25) is 0 Å². The lowest BCUT2D eigenvalue weighted by atomic mass is 9.86. The predicted molar refractivity (Wildman–Crippen MR) is 87.2 cm³/mol. The summed E-state index contributed by atoms with van der Waals surface area (Å²) in [6, 6.07) is 7.38. The Hall–Kier alpha value is -2.04. The maximum Gasteiger partial charge on any atom is 0.309 e. The van der Waals surface area contributed by atoms with Gasteiger partial charge in [-0.1, -0.05) is 31.9 Å². The molecule has 0 unspecified atom stereocenters. The highest BCUT2D eigenvalue weighted by molar-refractivity contribution is 5.78. The number of rotatable bonds is 6. The molecule has 2 atom stereocenters. The highest BCUT2D eigenvalue weighted by Gasteiger charge is 2.22. The Morgan fingerprint density at radius 1 is 1.17 bits per heavy atom. The molecule has 126 valence electrons. The number of nitrogens with one attached hydrogen (secondary N) is 1. The molecule has 5 heteroatoms. The van der Waals surface area contributed by atoms with Crippen LogP contribution >= 0.6 is 0 Å². The van der Waals surface area contributed by atoms with E-state index in [-0.39, 0.29) is 30.9 Å². The SMILES string of the molecule is COC(=O)Cc1ccc(OCC(=O)N[C@@H]2CCCC[C@@H]2C)cc1. The number of hydrogen-bond acceptors (Lipinski definition) is 4. The summed E-state index contributed by atoms with van der Waals surface area (Å²) in [4.78, 5) is 23.2. The molecule has 1 amide bonds. The van der Waals surface area contributed by atoms with Gasteiger partial charge >= 0.3 is 5.97 Å². The molecule has 0 radical (unpaired) electrons. The normalized spacial score (nSPS) is 20.6. The summed E-state index contributed by atoms with van der Waals surface area (Å²) in [5.74, 6) is 0.790. The fourth-order valence-corrected chi connectivity index (χ4v) is 2.87. The molecule has 1 aromatic rings. The van der Waals surface area contributed by atoms with Crippen LogP contribution in [0.2, 0.25) is 0 Å². The van der Waals surface area contributed by atoms with Crippen molar-refractivity contribution in [3.8, 4) is 5.75 Å². The minimum absolute atomic E-state index is 0.0135. The van der Waals surface area contributed by atoms with Crippen LogP contribution in [0.4, 0.5) is 0 Å². The number of esters is 1. The van der Waals surface area contributed by atoms with E-state index >= 15 is 0 Å². The summed E-state index contributed by atoms with van der Waals surface area (Å²) in [5, 5.41) is 3.06. The summed E-state index contributed by atoms with van der Waals surface area (Å²) in [5.41, 5.74) is 0.852. The van der Waals surface area contributed by atoms with Gasteiger partial charge in [-0.2, -0.15) is 0 Å². The maximum atomic E-state index is 12.0. The smallest absolute Gasteiger partial charge is 0.309 e. The molecule has 1 fully saturated rings. The maximum absolute atomic E-state index is 12.0. The first kappa shape index (κ1) is 17.3. The zero-order chi connectivity index (χ0) is 16.7. The molecule has 0 saturated heterocycles. The third kappa shape index (κ3) is 5.58. The van der Waals surface area contributed by atoms with Crippen molar-refractivity contribution in [1.82, 2.24) is 5.32 Å². The van der Waals surface area contributed by atoms with Crippen LogP contribution in [0.25, 0.3) is 0 Å². The first-order valence-corrected chi connectivity index (χ1v) is 8.16. The zero-order valence-corrected chi connectivity index (χ0v) is 13.8. The van der Waals surface area contributed by atoms with Crippen LogP contribution in [-0.2, 0) is 20.7 Å². The predicted octanol–water partition coefficient (Wildman–Crippen LogP) is 2.48. The highest BCUT2D eigenvalue weighted by atomic mass is 16.5. The lowest BCUT2D eigenvalue weighted by Gasteiger charge is -2.29. The molecule has 2 rings (SSSR count). The summed E-state index contributed by atoms with van der Waals surface area (Å²) in [6.07, 6.45) is 4.89. The summed E-state index contributed by atoms with van der Waals surface area (Å²) < 4.78 is 10.1. The zero-order valence-electron chi connectivity index (χ0n) is 13.8. The van der Waals surface area contributed by atoms with Gasteiger partial charge in [0, 0.05) is 6.04 Å². The number of amides is 1. The molecule has 5 nitrogen and oxygen atoms in total. The molecule has 1 aromatic carbocycles. The van der Waals surface area contributed by atoms with Crippen molar-refractivity contribution in [2.45, 2.75) is 45.1 Å². The van der Waals surface area contributed by atoms with Gasteiger partial charge in [-0.25, -0.2) is 0 Å². The van der Waals surface area contributed by atoms with Crippen LogP contribution < -0.4 is 10.1 Å². The van der Waals surface area contributed by atoms with Crippen molar-refractivity contribution in [1.29, 1.82) is 0 Å². The van der Waals surface area contributed by atoms with E-state index in [2.05, 4.69) is 17.0 Å². The quantitative estimate of drug-likeness (QED) is 0.818. The first-order valence-electron chi connectivity index (χ1n) is 8.16. The van der Waals surface area contributed by atoms with E-state index in [0.717, 1.165) is 12.0 Å². The van der Waals surface area contributed by atoms with Crippen molar-refractivity contribution >= 4 is 11.9 Å². The second-order valence-corrected chi connectivity index (χ2v) is 6.12. The van der Waals surface area contributed by atoms with E-state index in [4.69, 9.17) is 4.74 Å². The summed E-state index contributed by atoms with van der Waals surface area (Å²) in [6.45, 7) is 2.20. The molecule has 0 aromatic heterocycles. The average Bonchev–Trinajstić information content (AvgIpc) is 2.56. The Kier molecular flexibility index (Phi) is 6.44. The van der Waals surface area contributed by atoms with Crippen LogP contribution in [0.1, 0.15) is 38.2 Å². The highest BCUT2D eigenvalue weighted by Crippen LogP contribution is 2.23. The molecule has 0 heterocycles. The number of methoxy groups -OCH3 is 1. The van der Waals surface area contributed by atoms with Gasteiger partial charge in [0.15, 0.2) is 6.61 Å². The fourth-order valence-electron chi connectivity index (χ4n) is 2.87. The number of ether oxygens (including phenoxy) is 2. The van der Waals surface area contributed by atoms with Crippen molar-refractivity contribution < 1.29 is 19.1 Å².